The lowest BCUT2D eigenvalue weighted by atomic mass is 9.73. The third-order valence-electron chi connectivity index (χ3n) is 5.24. The van der Waals surface area contributed by atoms with Crippen LogP contribution in [0.4, 0.5) is 4.79 Å². The predicted molar refractivity (Wildman–Crippen MR) is 111 cm³/mol. The van der Waals surface area contributed by atoms with Gasteiger partial charge < -0.3 is 14.8 Å². The Kier molecular flexibility index (Phi) is 8.43. The summed E-state index contributed by atoms with van der Waals surface area (Å²) in [5.41, 5.74) is 0.771. The lowest BCUT2D eigenvalue weighted by Gasteiger charge is -2.34. The fourth-order valence-corrected chi connectivity index (χ4v) is 3.77. The minimum Gasteiger partial charge on any atom is -0.465 e. The SMILES string of the molecule is CCCC([C@H](Cc1nnc(-c2ccccc2)o1)C(C)C)[C@H](NC(=O)O)C(=O)C(=O)C#N. The molecule has 9 heteroatoms. The first kappa shape index (κ1) is 23.7. The van der Waals surface area contributed by atoms with E-state index in [1.165, 1.54) is 6.07 Å². The van der Waals surface area contributed by atoms with Gasteiger partial charge in [0.25, 0.3) is 5.78 Å². The summed E-state index contributed by atoms with van der Waals surface area (Å²) in [5, 5.41) is 28.5. The second-order valence-electron chi connectivity index (χ2n) is 7.66. The number of nitrogens with one attached hydrogen (secondary N) is 1. The summed E-state index contributed by atoms with van der Waals surface area (Å²) in [5.74, 6) is -2.38. The van der Waals surface area contributed by atoms with E-state index in [1.807, 2.05) is 51.1 Å². The van der Waals surface area contributed by atoms with Crippen LogP contribution in [-0.2, 0) is 16.0 Å². The van der Waals surface area contributed by atoms with Crippen LogP contribution < -0.4 is 5.32 Å². The number of benzene rings is 1. The highest BCUT2D eigenvalue weighted by atomic mass is 16.4. The topological polar surface area (TPSA) is 146 Å². The summed E-state index contributed by atoms with van der Waals surface area (Å²) in [6.07, 6.45) is -0.0121. The van der Waals surface area contributed by atoms with E-state index in [4.69, 9.17) is 9.68 Å². The van der Waals surface area contributed by atoms with Crippen LogP contribution in [0.25, 0.3) is 11.5 Å². The molecule has 31 heavy (non-hydrogen) atoms. The van der Waals surface area contributed by atoms with Gasteiger partial charge >= 0.3 is 6.09 Å². The van der Waals surface area contributed by atoms with Gasteiger partial charge in [-0.15, -0.1) is 10.2 Å². The maximum Gasteiger partial charge on any atom is 0.405 e. The first-order chi connectivity index (χ1) is 14.8. The van der Waals surface area contributed by atoms with Crippen molar-refractivity contribution in [3.8, 4) is 17.5 Å². The molecule has 0 spiro atoms. The number of ketones is 2. The van der Waals surface area contributed by atoms with Crippen LogP contribution in [0.3, 0.4) is 0 Å². The van der Waals surface area contributed by atoms with Gasteiger partial charge in [-0.25, -0.2) is 4.79 Å². The molecule has 0 aliphatic carbocycles. The first-order valence-corrected chi connectivity index (χ1v) is 10.1. The smallest absolute Gasteiger partial charge is 0.405 e. The summed E-state index contributed by atoms with van der Waals surface area (Å²) in [6.45, 7) is 5.78. The minimum absolute atomic E-state index is 0.00621. The molecule has 0 fully saturated rings. The van der Waals surface area contributed by atoms with Crippen LogP contribution >= 0.6 is 0 Å². The molecule has 1 aromatic heterocycles. The molecule has 1 aromatic carbocycles. The molecule has 2 N–H and O–H groups in total. The number of hydrogen-bond acceptors (Lipinski definition) is 7. The monoisotopic (exact) mass is 426 g/mol. The molecule has 0 aliphatic rings. The van der Waals surface area contributed by atoms with E-state index in [0.717, 1.165) is 5.56 Å². The third-order valence-corrected chi connectivity index (χ3v) is 5.24. The number of nitrogens with zero attached hydrogens (tertiary/aromatic N) is 3. The molecule has 2 rings (SSSR count). The number of carbonyl (C=O) groups excluding carboxylic acids is 2. The molecule has 0 radical (unpaired) electrons. The van der Waals surface area contributed by atoms with Gasteiger partial charge in [-0.1, -0.05) is 45.4 Å². The zero-order chi connectivity index (χ0) is 23.0. The Morgan fingerprint density at radius 3 is 2.39 bits per heavy atom. The molecule has 0 bridgehead atoms. The molecule has 1 heterocycles. The van der Waals surface area contributed by atoms with Crippen molar-refractivity contribution >= 4 is 17.7 Å². The van der Waals surface area contributed by atoms with Crippen LogP contribution in [-0.4, -0.2) is 39.0 Å². The van der Waals surface area contributed by atoms with Gasteiger partial charge in [0.15, 0.2) is 0 Å². The molecule has 2 aromatic rings. The molecule has 0 saturated heterocycles. The van der Waals surface area contributed by atoms with Crippen LogP contribution in [0.1, 0.15) is 39.5 Å². The maximum atomic E-state index is 12.5. The van der Waals surface area contributed by atoms with Gasteiger partial charge in [-0.3, -0.25) is 9.59 Å². The standard InChI is InChI=1S/C22H26N4O5/c1-4-8-15(19(24-22(29)30)20(28)17(27)12-23)16(13(2)3)11-18-25-26-21(31-18)14-9-6-5-7-10-14/h5-7,9-10,13,15-16,19,24H,4,8,11H2,1-3H3,(H,29,30)/t15?,16-,19+/m1/s1. The molecule has 1 amide bonds. The lowest BCUT2D eigenvalue weighted by molar-refractivity contribution is -0.136. The molecule has 0 aliphatic heterocycles. The normalized spacial score (nSPS) is 13.8. The highest BCUT2D eigenvalue weighted by Gasteiger charge is 2.39. The zero-order valence-corrected chi connectivity index (χ0v) is 17.7. The second-order valence-corrected chi connectivity index (χ2v) is 7.66. The second kappa shape index (κ2) is 11.0. The Hall–Kier alpha value is -3.54. The molecule has 164 valence electrons. The summed E-state index contributed by atoms with van der Waals surface area (Å²) in [6, 6.07) is 9.24. The molecule has 3 atom stereocenters. The van der Waals surface area contributed by atoms with Gasteiger partial charge in [0, 0.05) is 12.0 Å². The van der Waals surface area contributed by atoms with E-state index in [0.29, 0.717) is 31.0 Å². The molecular formula is C22H26N4O5. The fraction of sp³-hybridized carbons (Fsp3) is 0.455. The Morgan fingerprint density at radius 2 is 1.84 bits per heavy atom. The van der Waals surface area contributed by atoms with Gasteiger partial charge in [0.2, 0.25) is 17.6 Å². The Bertz CT molecular complexity index is 948. The number of nitriles is 1. The summed E-state index contributed by atoms with van der Waals surface area (Å²) in [7, 11) is 0. The van der Waals surface area contributed by atoms with Crippen molar-refractivity contribution in [2.75, 3.05) is 0 Å². The Labute approximate surface area is 180 Å². The van der Waals surface area contributed by atoms with Gasteiger partial charge in [-0.05, 0) is 36.3 Å². The van der Waals surface area contributed by atoms with Gasteiger partial charge in [0.1, 0.15) is 12.1 Å². The molecule has 0 saturated carbocycles. The van der Waals surface area contributed by atoms with Gasteiger partial charge in [0.05, 0.1) is 0 Å². The third kappa shape index (κ3) is 6.22. The predicted octanol–water partition coefficient (Wildman–Crippen LogP) is 3.27. The maximum absolute atomic E-state index is 12.5. The highest BCUT2D eigenvalue weighted by Crippen LogP contribution is 2.32. The first-order valence-electron chi connectivity index (χ1n) is 10.1. The van der Waals surface area contributed by atoms with Crippen molar-refractivity contribution in [3.63, 3.8) is 0 Å². The fourth-order valence-electron chi connectivity index (χ4n) is 3.77. The largest absolute Gasteiger partial charge is 0.465 e. The zero-order valence-electron chi connectivity index (χ0n) is 17.7. The lowest BCUT2D eigenvalue weighted by Crippen LogP contribution is -2.51. The number of rotatable bonds is 11. The van der Waals surface area contributed by atoms with Crippen molar-refractivity contribution in [1.29, 1.82) is 5.26 Å². The molecule has 9 nitrogen and oxygen atoms in total. The molecular weight excluding hydrogens is 400 g/mol. The highest BCUT2D eigenvalue weighted by molar-refractivity contribution is 6.45. The van der Waals surface area contributed by atoms with E-state index in [9.17, 15) is 19.5 Å². The number of carbonyl (C=O) groups is 3. The van der Waals surface area contributed by atoms with E-state index in [1.54, 1.807) is 0 Å². The van der Waals surface area contributed by atoms with Crippen molar-refractivity contribution in [1.82, 2.24) is 15.5 Å². The molecule has 1 unspecified atom stereocenters. The summed E-state index contributed by atoms with van der Waals surface area (Å²) >= 11 is 0. The Balaban J connectivity index is 2.36. The van der Waals surface area contributed by atoms with Crippen LogP contribution in [0.2, 0.25) is 0 Å². The summed E-state index contributed by atoms with van der Waals surface area (Å²) in [4.78, 5) is 35.7. The van der Waals surface area contributed by atoms with Crippen LogP contribution in [0.15, 0.2) is 34.7 Å². The summed E-state index contributed by atoms with van der Waals surface area (Å²) < 4.78 is 5.81. The number of hydrogen-bond donors (Lipinski definition) is 2. The van der Waals surface area contributed by atoms with E-state index in [2.05, 4.69) is 15.5 Å². The number of amides is 1. The van der Waals surface area contributed by atoms with E-state index in [-0.39, 0.29) is 11.8 Å². The van der Waals surface area contributed by atoms with Crippen molar-refractivity contribution in [2.45, 2.75) is 46.1 Å². The quantitative estimate of drug-likeness (QED) is 0.411. The van der Waals surface area contributed by atoms with E-state index < -0.39 is 29.6 Å². The average molecular weight is 426 g/mol. The Morgan fingerprint density at radius 1 is 1.16 bits per heavy atom. The average Bonchev–Trinajstić information content (AvgIpc) is 3.22. The number of carboxylic acid groups (broad SMARTS) is 1. The van der Waals surface area contributed by atoms with Crippen LogP contribution in [0.5, 0.6) is 0 Å². The van der Waals surface area contributed by atoms with Crippen molar-refractivity contribution in [2.24, 2.45) is 17.8 Å². The number of Topliss-reactive ketones (excluding diaryl/α,β-unsaturated/α-hetero) is 2. The minimum atomic E-state index is -1.43. The van der Waals surface area contributed by atoms with Crippen LogP contribution in [0, 0.1) is 29.1 Å². The van der Waals surface area contributed by atoms with E-state index >= 15 is 0 Å². The van der Waals surface area contributed by atoms with Gasteiger partial charge in [-0.2, -0.15) is 5.26 Å². The van der Waals surface area contributed by atoms with Crippen molar-refractivity contribution in [3.05, 3.63) is 36.2 Å². The number of aromatic nitrogens is 2. The van der Waals surface area contributed by atoms with Crippen molar-refractivity contribution < 1.29 is 23.9 Å².